The van der Waals surface area contributed by atoms with E-state index in [1.165, 1.54) is 25.3 Å². The first-order valence-electron chi connectivity index (χ1n) is 7.29. The molecule has 1 aromatic carbocycles. The van der Waals surface area contributed by atoms with Crippen LogP contribution in [0.5, 0.6) is 5.75 Å². The summed E-state index contributed by atoms with van der Waals surface area (Å²) in [6.07, 6.45) is 0.707. The number of rotatable bonds is 9. The Morgan fingerprint density at radius 3 is 2.36 bits per heavy atom. The van der Waals surface area contributed by atoms with E-state index in [1.54, 1.807) is 6.92 Å². The van der Waals surface area contributed by atoms with Crippen molar-refractivity contribution in [2.24, 2.45) is 0 Å². The molecule has 3 N–H and O–H groups in total. The van der Waals surface area contributed by atoms with Crippen LogP contribution in [0, 0.1) is 0 Å². The number of nitrogens with one attached hydrogen (secondary N) is 1. The number of ether oxygens (including phenoxy) is 1. The molecule has 0 aliphatic heterocycles. The molecule has 0 spiro atoms. The maximum atomic E-state index is 12.3. The molecular formula is C15H19NO8S. The predicted octanol–water partition coefficient (Wildman–Crippen LogP) is 0.749. The van der Waals surface area contributed by atoms with Crippen molar-refractivity contribution in [2.75, 3.05) is 12.9 Å². The van der Waals surface area contributed by atoms with Crippen LogP contribution in [0.4, 0.5) is 0 Å². The van der Waals surface area contributed by atoms with Crippen LogP contribution < -0.4 is 10.1 Å². The van der Waals surface area contributed by atoms with E-state index < -0.39 is 33.8 Å². The average molecular weight is 373 g/mol. The van der Waals surface area contributed by atoms with Gasteiger partial charge in [-0.25, -0.2) is 4.79 Å². The highest BCUT2D eigenvalue weighted by molar-refractivity contribution is 7.85. The number of benzene rings is 1. The number of Topliss-reactive ketones (excluding diaryl/α,β-unsaturated/α-hetero) is 1. The molecule has 0 aliphatic carbocycles. The standard InChI is InChI=1S/C15H19NO8S/c1-3-4-13(17)11-7-9(24-2)5-6-10(11)14(18)16-12(15(19)20)8-25(21,22)23/h5-7,12H,3-4,8H2,1-2H3,(H,16,18)(H,19,20)(H,21,22,23). The first kappa shape index (κ1) is 20.6. The van der Waals surface area contributed by atoms with Crippen molar-refractivity contribution in [3.05, 3.63) is 29.3 Å². The molecule has 1 unspecified atom stereocenters. The van der Waals surface area contributed by atoms with Gasteiger partial charge in [0.15, 0.2) is 5.78 Å². The summed E-state index contributed by atoms with van der Waals surface area (Å²) in [5.74, 6) is -3.78. The minimum atomic E-state index is -4.62. The zero-order valence-corrected chi connectivity index (χ0v) is 14.5. The number of carbonyl (C=O) groups is 3. The van der Waals surface area contributed by atoms with Crippen molar-refractivity contribution in [3.8, 4) is 5.75 Å². The normalized spacial score (nSPS) is 12.3. The second kappa shape index (κ2) is 8.58. The number of ketones is 1. The Labute approximate surface area is 144 Å². The van der Waals surface area contributed by atoms with Crippen LogP contribution in [0.25, 0.3) is 0 Å². The molecule has 25 heavy (non-hydrogen) atoms. The van der Waals surface area contributed by atoms with Gasteiger partial charge >= 0.3 is 5.97 Å². The van der Waals surface area contributed by atoms with Gasteiger partial charge in [-0.1, -0.05) is 6.92 Å². The quantitative estimate of drug-likeness (QED) is 0.424. The number of carboxylic acids is 1. The van der Waals surface area contributed by atoms with E-state index in [9.17, 15) is 22.8 Å². The maximum Gasteiger partial charge on any atom is 0.327 e. The first-order valence-corrected chi connectivity index (χ1v) is 8.90. The van der Waals surface area contributed by atoms with Gasteiger partial charge in [0, 0.05) is 12.0 Å². The second-order valence-corrected chi connectivity index (χ2v) is 6.69. The summed E-state index contributed by atoms with van der Waals surface area (Å²) in [4.78, 5) is 35.6. The summed E-state index contributed by atoms with van der Waals surface area (Å²) in [7, 11) is -3.24. The lowest BCUT2D eigenvalue weighted by atomic mass is 9.99. The Kier molecular flexibility index (Phi) is 7.07. The molecule has 1 aromatic rings. The largest absolute Gasteiger partial charge is 0.497 e. The van der Waals surface area contributed by atoms with E-state index in [2.05, 4.69) is 0 Å². The van der Waals surface area contributed by atoms with E-state index in [-0.39, 0.29) is 23.3 Å². The van der Waals surface area contributed by atoms with Gasteiger partial charge in [-0.05, 0) is 24.6 Å². The van der Waals surface area contributed by atoms with Crippen molar-refractivity contribution >= 4 is 27.8 Å². The molecule has 0 heterocycles. The third-order valence-electron chi connectivity index (χ3n) is 3.23. The van der Waals surface area contributed by atoms with Crippen molar-refractivity contribution in [3.63, 3.8) is 0 Å². The van der Waals surface area contributed by atoms with Crippen LogP contribution in [0.2, 0.25) is 0 Å². The highest BCUT2D eigenvalue weighted by atomic mass is 32.2. The molecule has 0 aliphatic rings. The third-order valence-corrected chi connectivity index (χ3v) is 3.98. The van der Waals surface area contributed by atoms with Crippen LogP contribution in [0.1, 0.15) is 40.5 Å². The smallest absolute Gasteiger partial charge is 0.327 e. The van der Waals surface area contributed by atoms with Crippen molar-refractivity contribution < 1.29 is 37.2 Å². The molecule has 0 fully saturated rings. The van der Waals surface area contributed by atoms with Gasteiger partial charge < -0.3 is 15.2 Å². The molecular weight excluding hydrogens is 354 g/mol. The molecule has 9 nitrogen and oxygen atoms in total. The lowest BCUT2D eigenvalue weighted by Gasteiger charge is -2.15. The minimum absolute atomic E-state index is 0.0368. The summed E-state index contributed by atoms with van der Waals surface area (Å²) in [5, 5.41) is 11.0. The van der Waals surface area contributed by atoms with Crippen LogP contribution in [-0.4, -0.2) is 54.6 Å². The van der Waals surface area contributed by atoms with E-state index in [0.29, 0.717) is 12.2 Å². The SMILES string of the molecule is CCCC(=O)c1cc(OC)ccc1C(=O)NC(CS(=O)(=O)O)C(=O)O. The molecule has 1 rings (SSSR count). The number of methoxy groups -OCH3 is 1. The van der Waals surface area contributed by atoms with E-state index >= 15 is 0 Å². The van der Waals surface area contributed by atoms with Crippen LogP contribution in [0.15, 0.2) is 18.2 Å². The monoisotopic (exact) mass is 373 g/mol. The van der Waals surface area contributed by atoms with Gasteiger partial charge in [-0.2, -0.15) is 8.42 Å². The minimum Gasteiger partial charge on any atom is -0.497 e. The van der Waals surface area contributed by atoms with Crippen LogP contribution >= 0.6 is 0 Å². The summed E-state index contributed by atoms with van der Waals surface area (Å²) >= 11 is 0. The van der Waals surface area contributed by atoms with Crippen LogP contribution in [-0.2, 0) is 14.9 Å². The molecule has 0 saturated heterocycles. The molecule has 138 valence electrons. The number of carboxylic acid groups (broad SMARTS) is 1. The Balaban J connectivity index is 3.18. The first-order chi connectivity index (χ1) is 11.6. The molecule has 0 radical (unpaired) electrons. The predicted molar refractivity (Wildman–Crippen MR) is 87.5 cm³/mol. The Bertz CT molecular complexity index is 772. The van der Waals surface area contributed by atoms with Crippen molar-refractivity contribution in [2.45, 2.75) is 25.8 Å². The zero-order valence-electron chi connectivity index (χ0n) is 13.7. The van der Waals surface area contributed by atoms with E-state index in [1.807, 2.05) is 5.32 Å². The second-order valence-electron chi connectivity index (χ2n) is 5.20. The van der Waals surface area contributed by atoms with E-state index in [4.69, 9.17) is 14.4 Å². The van der Waals surface area contributed by atoms with Crippen LogP contribution in [0.3, 0.4) is 0 Å². The van der Waals surface area contributed by atoms with Gasteiger partial charge in [0.05, 0.1) is 12.7 Å². The number of hydrogen-bond acceptors (Lipinski definition) is 6. The highest BCUT2D eigenvalue weighted by Crippen LogP contribution is 2.20. The summed E-state index contributed by atoms with van der Waals surface area (Å²) < 4.78 is 35.6. The summed E-state index contributed by atoms with van der Waals surface area (Å²) in [6.45, 7) is 1.78. The number of carbonyl (C=O) groups excluding carboxylic acids is 2. The fourth-order valence-corrected chi connectivity index (χ4v) is 2.71. The van der Waals surface area contributed by atoms with E-state index in [0.717, 1.165) is 0 Å². The number of aliphatic carboxylic acids is 1. The lowest BCUT2D eigenvalue weighted by Crippen LogP contribution is -2.45. The number of amides is 1. The van der Waals surface area contributed by atoms with Gasteiger partial charge in [0.1, 0.15) is 17.5 Å². The molecule has 1 atom stereocenters. The lowest BCUT2D eigenvalue weighted by molar-refractivity contribution is -0.138. The summed E-state index contributed by atoms with van der Waals surface area (Å²) in [5.41, 5.74) is -0.0736. The Morgan fingerprint density at radius 1 is 1.24 bits per heavy atom. The fourth-order valence-electron chi connectivity index (χ4n) is 2.06. The van der Waals surface area contributed by atoms with Gasteiger partial charge in [0.25, 0.3) is 16.0 Å². The maximum absolute atomic E-state index is 12.3. The highest BCUT2D eigenvalue weighted by Gasteiger charge is 2.27. The number of hydrogen-bond donors (Lipinski definition) is 3. The van der Waals surface area contributed by atoms with Gasteiger partial charge in [-0.15, -0.1) is 0 Å². The molecule has 10 heteroatoms. The Morgan fingerprint density at radius 2 is 1.88 bits per heavy atom. The Hall–Kier alpha value is -2.46. The topological polar surface area (TPSA) is 147 Å². The van der Waals surface area contributed by atoms with Gasteiger partial charge in [0.2, 0.25) is 0 Å². The molecule has 0 saturated carbocycles. The zero-order chi connectivity index (χ0) is 19.2. The van der Waals surface area contributed by atoms with Gasteiger partial charge in [-0.3, -0.25) is 14.1 Å². The molecule has 0 aromatic heterocycles. The molecule has 0 bridgehead atoms. The van der Waals surface area contributed by atoms with Crippen molar-refractivity contribution in [1.29, 1.82) is 0 Å². The fraction of sp³-hybridized carbons (Fsp3) is 0.400. The van der Waals surface area contributed by atoms with Crippen molar-refractivity contribution in [1.82, 2.24) is 5.32 Å². The summed E-state index contributed by atoms with van der Waals surface area (Å²) in [6, 6.07) is 2.18. The molecule has 1 amide bonds. The average Bonchev–Trinajstić information content (AvgIpc) is 2.52. The third kappa shape index (κ3) is 6.16.